The maximum absolute atomic E-state index is 10.3. The van der Waals surface area contributed by atoms with Crippen LogP contribution in [-0.4, -0.2) is 12.6 Å². The van der Waals surface area contributed by atoms with Gasteiger partial charge in [0.1, 0.15) is 6.61 Å². The van der Waals surface area contributed by atoms with Crippen LogP contribution >= 0.6 is 0 Å². The van der Waals surface area contributed by atoms with Gasteiger partial charge >= 0.3 is 5.97 Å². The van der Waals surface area contributed by atoms with Crippen molar-refractivity contribution in [1.29, 1.82) is 0 Å². The van der Waals surface area contributed by atoms with Crippen LogP contribution in [0, 0.1) is 11.8 Å². The second-order valence-corrected chi connectivity index (χ2v) is 2.14. The maximum atomic E-state index is 10.3. The van der Waals surface area contributed by atoms with Crippen molar-refractivity contribution in [3.63, 3.8) is 0 Å². The zero-order valence-corrected chi connectivity index (χ0v) is 7.67. The van der Waals surface area contributed by atoms with E-state index in [1.54, 1.807) is 18.2 Å². The summed E-state index contributed by atoms with van der Waals surface area (Å²) in [6, 6.07) is 0. The van der Waals surface area contributed by atoms with Gasteiger partial charge in [-0.1, -0.05) is 18.4 Å². The summed E-state index contributed by atoms with van der Waals surface area (Å²) in [5, 5.41) is 0. The summed E-state index contributed by atoms with van der Waals surface area (Å²) in [6.07, 6.45) is 5.65. The fourth-order valence-corrected chi connectivity index (χ4v) is 0.541. The highest BCUT2D eigenvalue weighted by atomic mass is 16.5. The van der Waals surface area contributed by atoms with Gasteiger partial charge in [0.25, 0.3) is 0 Å². The molecule has 0 bridgehead atoms. The van der Waals surface area contributed by atoms with E-state index < -0.39 is 0 Å². The lowest BCUT2D eigenvalue weighted by atomic mass is 10.4. The highest BCUT2D eigenvalue weighted by Gasteiger charge is 1.87. The van der Waals surface area contributed by atoms with Crippen molar-refractivity contribution >= 4 is 5.97 Å². The molecule has 0 aromatic heterocycles. The molecular formula is C11H12O2. The second-order valence-electron chi connectivity index (χ2n) is 2.14. The van der Waals surface area contributed by atoms with E-state index in [0.717, 1.165) is 0 Å². The summed E-state index contributed by atoms with van der Waals surface area (Å²) >= 11 is 0. The summed E-state index contributed by atoms with van der Waals surface area (Å²) in [6.45, 7) is 5.12. The quantitative estimate of drug-likeness (QED) is 0.216. The Morgan fingerprint density at radius 1 is 1.62 bits per heavy atom. The van der Waals surface area contributed by atoms with Gasteiger partial charge in [-0.05, 0) is 18.2 Å². The first-order chi connectivity index (χ1) is 6.27. The van der Waals surface area contributed by atoms with Crippen molar-refractivity contribution in [3.8, 4) is 11.8 Å². The van der Waals surface area contributed by atoms with E-state index in [1.165, 1.54) is 6.92 Å². The molecule has 0 heterocycles. The molecule has 0 saturated carbocycles. The molecule has 0 radical (unpaired) electrons. The number of allylic oxidation sites excluding steroid dienone is 3. The van der Waals surface area contributed by atoms with Crippen molar-refractivity contribution < 1.29 is 9.53 Å². The van der Waals surface area contributed by atoms with Gasteiger partial charge in [-0.25, -0.2) is 0 Å². The molecule has 13 heavy (non-hydrogen) atoms. The topological polar surface area (TPSA) is 26.3 Å². The maximum Gasteiger partial charge on any atom is 0.302 e. The predicted molar refractivity (Wildman–Crippen MR) is 51.9 cm³/mol. The smallest absolute Gasteiger partial charge is 0.302 e. The van der Waals surface area contributed by atoms with Gasteiger partial charge in [-0.3, -0.25) is 4.79 Å². The molecule has 0 aromatic rings. The molecule has 0 N–H and O–H groups in total. The van der Waals surface area contributed by atoms with Gasteiger partial charge in [-0.15, -0.1) is 5.73 Å². The Bertz CT molecular complexity index is 283. The SMILES string of the molecule is C=C=C/C=C\C#CCCOC(C)=O. The Morgan fingerprint density at radius 2 is 2.38 bits per heavy atom. The van der Waals surface area contributed by atoms with Crippen LogP contribution < -0.4 is 0 Å². The second kappa shape index (κ2) is 8.39. The minimum atomic E-state index is -0.271. The van der Waals surface area contributed by atoms with E-state index in [2.05, 4.69) is 28.9 Å². The monoisotopic (exact) mass is 176 g/mol. The molecule has 2 nitrogen and oxygen atoms in total. The molecule has 0 unspecified atom stereocenters. The summed E-state index contributed by atoms with van der Waals surface area (Å²) in [4.78, 5) is 10.3. The van der Waals surface area contributed by atoms with Gasteiger partial charge in [0.2, 0.25) is 0 Å². The molecule has 0 amide bonds. The molecule has 0 atom stereocenters. The first-order valence-electron chi connectivity index (χ1n) is 3.90. The van der Waals surface area contributed by atoms with Crippen LogP contribution in [0.25, 0.3) is 0 Å². The number of esters is 1. The molecule has 0 spiro atoms. The number of hydrogen-bond donors (Lipinski definition) is 0. The van der Waals surface area contributed by atoms with Crippen LogP contribution in [0.5, 0.6) is 0 Å². The molecule has 0 aromatic carbocycles. The molecular weight excluding hydrogens is 164 g/mol. The zero-order valence-electron chi connectivity index (χ0n) is 7.67. The Hall–Kier alpha value is -1.71. The van der Waals surface area contributed by atoms with Crippen LogP contribution in [0.15, 0.2) is 30.5 Å². The minimum Gasteiger partial charge on any atom is -0.465 e. The van der Waals surface area contributed by atoms with Crippen LogP contribution in [-0.2, 0) is 9.53 Å². The lowest BCUT2D eigenvalue weighted by Gasteiger charge is -1.94. The lowest BCUT2D eigenvalue weighted by molar-refractivity contribution is -0.140. The molecule has 0 aliphatic rings. The average molecular weight is 176 g/mol. The van der Waals surface area contributed by atoms with Crippen molar-refractivity contribution in [2.75, 3.05) is 6.61 Å². The van der Waals surface area contributed by atoms with Crippen molar-refractivity contribution in [3.05, 3.63) is 30.5 Å². The lowest BCUT2D eigenvalue weighted by Crippen LogP contribution is -1.98. The van der Waals surface area contributed by atoms with Crippen molar-refractivity contribution in [1.82, 2.24) is 0 Å². The molecule has 0 fully saturated rings. The summed E-state index contributed by atoms with van der Waals surface area (Å²) in [7, 11) is 0. The van der Waals surface area contributed by atoms with E-state index in [9.17, 15) is 4.79 Å². The molecule has 0 aliphatic carbocycles. The summed E-state index contributed by atoms with van der Waals surface area (Å²) in [5.41, 5.74) is 2.59. The van der Waals surface area contributed by atoms with Crippen LogP contribution in [0.4, 0.5) is 0 Å². The highest BCUT2D eigenvalue weighted by Crippen LogP contribution is 1.81. The van der Waals surface area contributed by atoms with Crippen LogP contribution in [0.1, 0.15) is 13.3 Å². The van der Waals surface area contributed by atoms with E-state index >= 15 is 0 Å². The minimum absolute atomic E-state index is 0.271. The van der Waals surface area contributed by atoms with Gasteiger partial charge in [-0.2, -0.15) is 0 Å². The third-order valence-electron chi connectivity index (χ3n) is 1.03. The zero-order chi connectivity index (χ0) is 9.94. The molecule has 0 saturated heterocycles. The molecule has 0 rings (SSSR count). The Morgan fingerprint density at radius 3 is 3.00 bits per heavy atom. The largest absolute Gasteiger partial charge is 0.465 e. The van der Waals surface area contributed by atoms with Gasteiger partial charge in [0.05, 0.1) is 0 Å². The van der Waals surface area contributed by atoms with Gasteiger partial charge < -0.3 is 4.74 Å². The fourth-order valence-electron chi connectivity index (χ4n) is 0.541. The molecule has 68 valence electrons. The fraction of sp³-hybridized carbons (Fsp3) is 0.273. The molecule has 0 aliphatic heterocycles. The van der Waals surface area contributed by atoms with E-state index in [-0.39, 0.29) is 5.97 Å². The summed E-state index contributed by atoms with van der Waals surface area (Å²) in [5.74, 6) is 5.32. The van der Waals surface area contributed by atoms with Crippen molar-refractivity contribution in [2.45, 2.75) is 13.3 Å². The summed E-state index contributed by atoms with van der Waals surface area (Å²) < 4.78 is 4.67. The number of rotatable bonds is 3. The van der Waals surface area contributed by atoms with Crippen LogP contribution in [0.3, 0.4) is 0 Å². The number of carbonyl (C=O) groups is 1. The standard InChI is InChI=1S/C11H12O2/c1-3-4-5-6-7-8-9-10-13-11(2)12/h4-6H,1,9-10H2,2H3/b6-5-. The average Bonchev–Trinajstić information content (AvgIpc) is 2.09. The Labute approximate surface area is 78.6 Å². The number of carbonyl (C=O) groups excluding carboxylic acids is 1. The predicted octanol–water partition coefficient (Wildman–Crippen LogP) is 1.84. The third kappa shape index (κ3) is 10.3. The van der Waals surface area contributed by atoms with Gasteiger partial charge in [0, 0.05) is 13.3 Å². The van der Waals surface area contributed by atoms with E-state index in [4.69, 9.17) is 0 Å². The Balaban J connectivity index is 3.51. The van der Waals surface area contributed by atoms with Crippen LogP contribution in [0.2, 0.25) is 0 Å². The van der Waals surface area contributed by atoms with E-state index in [1.807, 2.05) is 0 Å². The van der Waals surface area contributed by atoms with Crippen molar-refractivity contribution in [2.24, 2.45) is 0 Å². The number of hydrogen-bond acceptors (Lipinski definition) is 2. The Kier molecular flexibility index (Phi) is 7.28. The molecule has 2 heteroatoms. The first kappa shape index (κ1) is 11.3. The van der Waals surface area contributed by atoms with E-state index in [0.29, 0.717) is 13.0 Å². The highest BCUT2D eigenvalue weighted by molar-refractivity contribution is 5.65. The number of ether oxygens (including phenoxy) is 1. The normalized spacial score (nSPS) is 8.38. The van der Waals surface area contributed by atoms with Gasteiger partial charge in [0.15, 0.2) is 0 Å². The first-order valence-corrected chi connectivity index (χ1v) is 3.90. The third-order valence-corrected chi connectivity index (χ3v) is 1.03.